The molecule has 3 nitrogen and oxygen atoms in total. The van der Waals surface area contributed by atoms with Gasteiger partial charge < -0.3 is 10.1 Å². The molecular formula is C13H16ClNO2. The fourth-order valence-electron chi connectivity index (χ4n) is 2.11. The number of methoxy groups -OCH3 is 1. The van der Waals surface area contributed by atoms with Gasteiger partial charge in [0.1, 0.15) is 11.5 Å². The number of Topliss-reactive ketones (excluding diaryl/α,β-unsaturated/α-hetero) is 1. The summed E-state index contributed by atoms with van der Waals surface area (Å²) in [6, 6.07) is 5.69. The van der Waals surface area contributed by atoms with Gasteiger partial charge in [0, 0.05) is 25.4 Å². The van der Waals surface area contributed by atoms with Crippen molar-refractivity contribution in [3.8, 4) is 5.75 Å². The molecule has 1 N–H and O–H groups in total. The number of ketones is 1. The summed E-state index contributed by atoms with van der Waals surface area (Å²) in [5.41, 5.74) is 1.08. The van der Waals surface area contributed by atoms with E-state index in [4.69, 9.17) is 16.3 Å². The van der Waals surface area contributed by atoms with Crippen LogP contribution in [0.15, 0.2) is 18.2 Å². The monoisotopic (exact) mass is 253 g/mol. The molecule has 0 aromatic heterocycles. The first-order valence-corrected chi connectivity index (χ1v) is 6.14. The highest BCUT2D eigenvalue weighted by Crippen LogP contribution is 2.26. The number of rotatable bonds is 3. The highest BCUT2D eigenvalue weighted by molar-refractivity contribution is 6.32. The van der Waals surface area contributed by atoms with E-state index in [2.05, 4.69) is 5.32 Å². The number of piperidine rings is 1. The lowest BCUT2D eigenvalue weighted by molar-refractivity contribution is -0.123. The summed E-state index contributed by atoms with van der Waals surface area (Å²) in [6.45, 7) is 1.57. The van der Waals surface area contributed by atoms with E-state index in [1.165, 1.54) is 0 Å². The van der Waals surface area contributed by atoms with Crippen LogP contribution in [0.5, 0.6) is 5.75 Å². The summed E-state index contributed by atoms with van der Waals surface area (Å²) in [5.74, 6) is 1.09. The van der Waals surface area contributed by atoms with Crippen LogP contribution in [0.3, 0.4) is 0 Å². The van der Waals surface area contributed by atoms with Crippen LogP contribution in [0.2, 0.25) is 5.02 Å². The predicted octanol–water partition coefficient (Wildman–Crippen LogP) is 2.07. The molecule has 17 heavy (non-hydrogen) atoms. The lowest BCUT2D eigenvalue weighted by Gasteiger charge is -2.21. The van der Waals surface area contributed by atoms with Crippen molar-refractivity contribution in [3.05, 3.63) is 28.8 Å². The van der Waals surface area contributed by atoms with Crippen molar-refractivity contribution in [2.75, 3.05) is 20.2 Å². The zero-order chi connectivity index (χ0) is 12.3. The minimum absolute atomic E-state index is 0.0770. The SMILES string of the molecule is COc1ccc(CC2CNCCC2=O)cc1Cl. The Labute approximate surface area is 106 Å². The molecule has 1 aromatic carbocycles. The van der Waals surface area contributed by atoms with E-state index in [9.17, 15) is 4.79 Å². The zero-order valence-corrected chi connectivity index (χ0v) is 10.6. The lowest BCUT2D eigenvalue weighted by Crippen LogP contribution is -2.37. The number of carbonyl (C=O) groups is 1. The Balaban J connectivity index is 2.07. The van der Waals surface area contributed by atoms with Gasteiger partial charge in [-0.15, -0.1) is 0 Å². The molecule has 1 aliphatic rings. The second-order valence-corrected chi connectivity index (χ2v) is 4.70. The van der Waals surface area contributed by atoms with Crippen molar-refractivity contribution in [2.45, 2.75) is 12.8 Å². The van der Waals surface area contributed by atoms with Crippen LogP contribution >= 0.6 is 11.6 Å². The number of hydrogen-bond acceptors (Lipinski definition) is 3. The smallest absolute Gasteiger partial charge is 0.138 e. The quantitative estimate of drug-likeness (QED) is 0.896. The van der Waals surface area contributed by atoms with Crippen molar-refractivity contribution in [1.29, 1.82) is 0 Å². The molecule has 0 bridgehead atoms. The molecule has 1 fully saturated rings. The van der Waals surface area contributed by atoms with E-state index in [-0.39, 0.29) is 5.92 Å². The van der Waals surface area contributed by atoms with E-state index in [1.54, 1.807) is 7.11 Å². The van der Waals surface area contributed by atoms with Crippen molar-refractivity contribution in [2.24, 2.45) is 5.92 Å². The maximum absolute atomic E-state index is 11.7. The maximum atomic E-state index is 11.7. The van der Waals surface area contributed by atoms with Crippen LogP contribution in [-0.2, 0) is 11.2 Å². The van der Waals surface area contributed by atoms with Gasteiger partial charge in [0.15, 0.2) is 0 Å². The molecule has 1 heterocycles. The number of halogens is 1. The maximum Gasteiger partial charge on any atom is 0.138 e. The van der Waals surface area contributed by atoms with Crippen LogP contribution in [-0.4, -0.2) is 26.0 Å². The Morgan fingerprint density at radius 2 is 2.35 bits per heavy atom. The summed E-state index contributed by atoms with van der Waals surface area (Å²) < 4.78 is 5.10. The summed E-state index contributed by atoms with van der Waals surface area (Å²) >= 11 is 6.06. The molecule has 0 radical (unpaired) electrons. The number of ether oxygens (including phenoxy) is 1. The van der Waals surface area contributed by atoms with Gasteiger partial charge in [0.05, 0.1) is 12.1 Å². The number of hydrogen-bond donors (Lipinski definition) is 1. The molecule has 1 aromatic rings. The third-order valence-electron chi connectivity index (χ3n) is 3.09. The van der Waals surface area contributed by atoms with Crippen LogP contribution in [0.25, 0.3) is 0 Å². The van der Waals surface area contributed by atoms with Gasteiger partial charge in [-0.3, -0.25) is 4.79 Å². The zero-order valence-electron chi connectivity index (χ0n) is 9.83. The van der Waals surface area contributed by atoms with Crippen LogP contribution < -0.4 is 10.1 Å². The molecule has 1 atom stereocenters. The molecule has 4 heteroatoms. The molecule has 0 spiro atoms. The lowest BCUT2D eigenvalue weighted by atomic mass is 9.91. The van der Waals surface area contributed by atoms with Gasteiger partial charge in [0.25, 0.3) is 0 Å². The van der Waals surface area contributed by atoms with Crippen LogP contribution in [0.4, 0.5) is 0 Å². The summed E-state index contributed by atoms with van der Waals surface area (Å²) in [4.78, 5) is 11.7. The van der Waals surface area contributed by atoms with E-state index in [0.717, 1.165) is 25.1 Å². The van der Waals surface area contributed by atoms with Crippen LogP contribution in [0.1, 0.15) is 12.0 Å². The standard InChI is InChI=1S/C13H16ClNO2/c1-17-13-3-2-9(7-11(13)14)6-10-8-15-5-4-12(10)16/h2-3,7,10,15H,4-6,8H2,1H3. The summed E-state index contributed by atoms with van der Waals surface area (Å²) in [7, 11) is 1.59. The second-order valence-electron chi connectivity index (χ2n) is 4.29. The molecule has 1 unspecified atom stereocenters. The highest BCUT2D eigenvalue weighted by atomic mass is 35.5. The first kappa shape index (κ1) is 12.4. The van der Waals surface area contributed by atoms with Gasteiger partial charge in [-0.05, 0) is 24.1 Å². The van der Waals surface area contributed by atoms with Gasteiger partial charge in [-0.1, -0.05) is 17.7 Å². The second kappa shape index (κ2) is 5.52. The topological polar surface area (TPSA) is 38.3 Å². The Morgan fingerprint density at radius 1 is 1.53 bits per heavy atom. The van der Waals surface area contributed by atoms with Gasteiger partial charge in [-0.2, -0.15) is 0 Å². The summed E-state index contributed by atoms with van der Waals surface area (Å²) in [6.07, 6.45) is 1.38. The van der Waals surface area contributed by atoms with Crippen molar-refractivity contribution >= 4 is 17.4 Å². The van der Waals surface area contributed by atoms with Crippen molar-refractivity contribution in [1.82, 2.24) is 5.32 Å². The largest absolute Gasteiger partial charge is 0.495 e. The molecular weight excluding hydrogens is 238 g/mol. The average Bonchev–Trinajstić information content (AvgIpc) is 2.32. The molecule has 0 aliphatic carbocycles. The minimum Gasteiger partial charge on any atom is -0.495 e. The molecule has 2 rings (SSSR count). The molecule has 0 amide bonds. The highest BCUT2D eigenvalue weighted by Gasteiger charge is 2.22. The van der Waals surface area contributed by atoms with Gasteiger partial charge >= 0.3 is 0 Å². The van der Waals surface area contributed by atoms with E-state index in [1.807, 2.05) is 18.2 Å². The minimum atomic E-state index is 0.0770. The third-order valence-corrected chi connectivity index (χ3v) is 3.39. The van der Waals surface area contributed by atoms with E-state index >= 15 is 0 Å². The first-order chi connectivity index (χ1) is 8.20. The van der Waals surface area contributed by atoms with Crippen molar-refractivity contribution in [3.63, 3.8) is 0 Å². The Bertz CT molecular complexity index is 420. The Kier molecular flexibility index (Phi) is 4.02. The Morgan fingerprint density at radius 3 is 3.00 bits per heavy atom. The predicted molar refractivity (Wildman–Crippen MR) is 67.7 cm³/mol. The van der Waals surface area contributed by atoms with Gasteiger partial charge in [0.2, 0.25) is 0 Å². The van der Waals surface area contributed by atoms with Gasteiger partial charge in [-0.25, -0.2) is 0 Å². The molecule has 1 saturated heterocycles. The molecule has 92 valence electrons. The molecule has 0 saturated carbocycles. The fraction of sp³-hybridized carbons (Fsp3) is 0.462. The Hall–Kier alpha value is -1.06. The average molecular weight is 254 g/mol. The normalized spacial score (nSPS) is 20.4. The fourth-order valence-corrected chi connectivity index (χ4v) is 2.39. The van der Waals surface area contributed by atoms with E-state index < -0.39 is 0 Å². The summed E-state index contributed by atoms with van der Waals surface area (Å²) in [5, 5.41) is 3.84. The van der Waals surface area contributed by atoms with Crippen molar-refractivity contribution < 1.29 is 9.53 Å². The number of carbonyl (C=O) groups excluding carboxylic acids is 1. The van der Waals surface area contributed by atoms with Crippen LogP contribution in [0, 0.1) is 5.92 Å². The molecule has 1 aliphatic heterocycles. The van der Waals surface area contributed by atoms with E-state index in [0.29, 0.717) is 23.0 Å². The third kappa shape index (κ3) is 2.99. The number of nitrogens with one attached hydrogen (secondary N) is 1. The number of benzene rings is 1. The first-order valence-electron chi connectivity index (χ1n) is 5.76.